The van der Waals surface area contributed by atoms with Crippen LogP contribution in [-0.4, -0.2) is 42.2 Å². The van der Waals surface area contributed by atoms with Crippen molar-refractivity contribution in [2.24, 2.45) is 5.92 Å². The molecular weight excluding hydrogens is 266 g/mol. The van der Waals surface area contributed by atoms with E-state index in [1.807, 2.05) is 12.1 Å². The van der Waals surface area contributed by atoms with Crippen LogP contribution in [0.25, 0.3) is 0 Å². The largest absolute Gasteiger partial charge is 0.497 e. The van der Waals surface area contributed by atoms with Crippen LogP contribution in [0.4, 0.5) is 0 Å². The number of piperidine rings is 1. The number of carboxylic acid groups (broad SMARTS) is 1. The van der Waals surface area contributed by atoms with Crippen molar-refractivity contribution in [3.63, 3.8) is 0 Å². The molecule has 4 nitrogen and oxygen atoms in total. The van der Waals surface area contributed by atoms with Crippen LogP contribution in [0.15, 0.2) is 24.3 Å². The van der Waals surface area contributed by atoms with E-state index in [-0.39, 0.29) is 5.92 Å². The van der Waals surface area contributed by atoms with Crippen LogP contribution in [0.2, 0.25) is 0 Å². The first-order valence-corrected chi connectivity index (χ1v) is 7.73. The number of nitrogens with zero attached hydrogens (tertiary/aromatic N) is 1. The van der Waals surface area contributed by atoms with E-state index in [0.717, 1.165) is 38.0 Å². The molecule has 1 N–H and O–H groups in total. The lowest BCUT2D eigenvalue weighted by atomic mass is 9.94. The van der Waals surface area contributed by atoms with Crippen molar-refractivity contribution >= 4 is 5.97 Å². The molecule has 2 rings (SSSR count). The maximum absolute atomic E-state index is 11.2. The Morgan fingerprint density at radius 2 is 2.33 bits per heavy atom. The minimum absolute atomic E-state index is 0.210. The zero-order valence-corrected chi connectivity index (χ0v) is 12.9. The lowest BCUT2D eigenvalue weighted by Crippen LogP contribution is -2.45. The Balaban J connectivity index is 2.03. The van der Waals surface area contributed by atoms with Crippen molar-refractivity contribution < 1.29 is 14.6 Å². The highest BCUT2D eigenvalue weighted by Crippen LogP contribution is 2.23. The number of carbonyl (C=O) groups is 1. The van der Waals surface area contributed by atoms with Crippen molar-refractivity contribution in [1.29, 1.82) is 0 Å². The predicted octanol–water partition coefficient (Wildman–Crippen LogP) is 2.81. The Morgan fingerprint density at radius 3 is 3.00 bits per heavy atom. The van der Waals surface area contributed by atoms with Crippen molar-refractivity contribution in [3.05, 3.63) is 29.8 Å². The molecule has 0 aromatic heterocycles. The second-order valence-corrected chi connectivity index (χ2v) is 5.79. The van der Waals surface area contributed by atoms with Crippen LogP contribution in [0.5, 0.6) is 5.75 Å². The number of benzene rings is 1. The molecule has 0 amide bonds. The number of aliphatic carboxylic acids is 1. The quantitative estimate of drug-likeness (QED) is 0.875. The van der Waals surface area contributed by atoms with Gasteiger partial charge in [0.05, 0.1) is 13.0 Å². The number of likely N-dealkylation sites (tertiary alicyclic amines) is 1. The van der Waals surface area contributed by atoms with Gasteiger partial charge in [-0.15, -0.1) is 0 Å². The van der Waals surface area contributed by atoms with Crippen LogP contribution in [0.3, 0.4) is 0 Å². The zero-order valence-electron chi connectivity index (χ0n) is 12.9. The van der Waals surface area contributed by atoms with Gasteiger partial charge in [0.25, 0.3) is 0 Å². The fourth-order valence-corrected chi connectivity index (χ4v) is 3.14. The maximum atomic E-state index is 11.2. The van der Waals surface area contributed by atoms with Crippen LogP contribution in [0, 0.1) is 5.92 Å². The molecule has 0 aliphatic carbocycles. The number of carboxylic acids is 1. The van der Waals surface area contributed by atoms with Gasteiger partial charge in [0.15, 0.2) is 0 Å². The number of methoxy groups -OCH3 is 1. The van der Waals surface area contributed by atoms with Crippen molar-refractivity contribution in [1.82, 2.24) is 4.90 Å². The summed E-state index contributed by atoms with van der Waals surface area (Å²) in [6.45, 7) is 3.86. The number of hydrogen-bond donors (Lipinski definition) is 1. The first-order chi connectivity index (χ1) is 10.1. The number of ether oxygens (including phenoxy) is 1. The molecule has 0 radical (unpaired) electrons. The summed E-state index contributed by atoms with van der Waals surface area (Å²) >= 11 is 0. The first kappa shape index (κ1) is 15.8. The summed E-state index contributed by atoms with van der Waals surface area (Å²) in [7, 11) is 1.68. The lowest BCUT2D eigenvalue weighted by Gasteiger charge is -2.36. The smallest absolute Gasteiger partial charge is 0.307 e. The van der Waals surface area contributed by atoms with Crippen LogP contribution < -0.4 is 4.74 Å². The van der Waals surface area contributed by atoms with E-state index in [1.165, 1.54) is 5.56 Å². The summed E-state index contributed by atoms with van der Waals surface area (Å²) in [6.07, 6.45) is 3.76. The molecule has 1 aliphatic heterocycles. The van der Waals surface area contributed by atoms with Crippen LogP contribution in [-0.2, 0) is 11.2 Å². The molecule has 0 saturated carbocycles. The van der Waals surface area contributed by atoms with E-state index < -0.39 is 5.97 Å². The van der Waals surface area contributed by atoms with E-state index in [0.29, 0.717) is 12.6 Å². The van der Waals surface area contributed by atoms with Gasteiger partial charge in [0.1, 0.15) is 5.75 Å². The highest BCUT2D eigenvalue weighted by atomic mass is 16.5. The van der Waals surface area contributed by atoms with Crippen molar-refractivity contribution in [2.75, 3.05) is 20.2 Å². The Labute approximate surface area is 126 Å². The normalized spacial score (nSPS) is 21.0. The minimum Gasteiger partial charge on any atom is -0.497 e. The molecule has 1 aliphatic rings. The summed E-state index contributed by atoms with van der Waals surface area (Å²) in [5, 5.41) is 9.23. The van der Waals surface area contributed by atoms with Gasteiger partial charge in [0.2, 0.25) is 0 Å². The van der Waals surface area contributed by atoms with E-state index in [1.54, 1.807) is 7.11 Å². The van der Waals surface area contributed by atoms with E-state index >= 15 is 0 Å². The van der Waals surface area contributed by atoms with Gasteiger partial charge in [-0.05, 0) is 49.9 Å². The topological polar surface area (TPSA) is 49.8 Å². The van der Waals surface area contributed by atoms with Gasteiger partial charge < -0.3 is 9.84 Å². The second-order valence-electron chi connectivity index (χ2n) is 5.79. The van der Waals surface area contributed by atoms with Gasteiger partial charge in [-0.25, -0.2) is 0 Å². The minimum atomic E-state index is -0.657. The molecule has 1 aromatic carbocycles. The van der Waals surface area contributed by atoms with Crippen molar-refractivity contribution in [3.8, 4) is 5.75 Å². The summed E-state index contributed by atoms with van der Waals surface area (Å²) in [5.41, 5.74) is 1.25. The Morgan fingerprint density at radius 1 is 1.52 bits per heavy atom. The number of hydrogen-bond acceptors (Lipinski definition) is 3. The maximum Gasteiger partial charge on any atom is 0.307 e. The first-order valence-electron chi connectivity index (χ1n) is 7.73. The summed E-state index contributed by atoms with van der Waals surface area (Å²) in [6, 6.07) is 8.55. The van der Waals surface area contributed by atoms with Gasteiger partial charge in [-0.3, -0.25) is 9.69 Å². The van der Waals surface area contributed by atoms with Gasteiger partial charge in [0, 0.05) is 12.6 Å². The van der Waals surface area contributed by atoms with E-state index in [2.05, 4.69) is 24.0 Å². The van der Waals surface area contributed by atoms with Gasteiger partial charge in [-0.2, -0.15) is 0 Å². The monoisotopic (exact) mass is 291 g/mol. The summed E-state index contributed by atoms with van der Waals surface area (Å²) in [5.74, 6) is 0.0125. The average Bonchev–Trinajstić information content (AvgIpc) is 2.53. The van der Waals surface area contributed by atoms with E-state index in [4.69, 9.17) is 4.74 Å². The molecule has 1 heterocycles. The highest BCUT2D eigenvalue weighted by Gasteiger charge is 2.28. The molecule has 2 atom stereocenters. The third-order valence-corrected chi connectivity index (χ3v) is 4.40. The Bertz CT molecular complexity index is 475. The fourth-order valence-electron chi connectivity index (χ4n) is 3.14. The predicted molar refractivity (Wildman–Crippen MR) is 82.7 cm³/mol. The van der Waals surface area contributed by atoms with E-state index in [9.17, 15) is 9.90 Å². The second kappa shape index (κ2) is 7.46. The standard InChI is InChI=1S/C17H25NO3/c1-3-15(10-13-6-4-8-16(11-13)21-2)18-9-5-7-14(12-18)17(19)20/h4,6,8,11,14-15H,3,5,7,9-10,12H2,1-2H3,(H,19,20). The molecular formula is C17H25NO3. The SMILES string of the molecule is CCC(Cc1cccc(OC)c1)N1CCCC(C(=O)O)C1. The van der Waals surface area contributed by atoms with Crippen molar-refractivity contribution in [2.45, 2.75) is 38.6 Å². The molecule has 1 saturated heterocycles. The molecule has 21 heavy (non-hydrogen) atoms. The molecule has 4 heteroatoms. The molecule has 1 fully saturated rings. The Hall–Kier alpha value is -1.55. The molecule has 0 bridgehead atoms. The molecule has 0 spiro atoms. The van der Waals surface area contributed by atoms with Gasteiger partial charge in [-0.1, -0.05) is 19.1 Å². The third kappa shape index (κ3) is 4.21. The summed E-state index contributed by atoms with van der Waals surface area (Å²) in [4.78, 5) is 13.6. The molecule has 1 aromatic rings. The highest BCUT2D eigenvalue weighted by molar-refractivity contribution is 5.70. The zero-order chi connectivity index (χ0) is 15.2. The van der Waals surface area contributed by atoms with Crippen LogP contribution >= 0.6 is 0 Å². The lowest BCUT2D eigenvalue weighted by molar-refractivity contribution is -0.143. The number of rotatable bonds is 6. The van der Waals surface area contributed by atoms with Gasteiger partial charge >= 0.3 is 5.97 Å². The molecule has 116 valence electrons. The Kier molecular flexibility index (Phi) is 5.62. The fraction of sp³-hybridized carbons (Fsp3) is 0.588. The summed E-state index contributed by atoms with van der Waals surface area (Å²) < 4.78 is 5.27. The average molecular weight is 291 g/mol. The van der Waals surface area contributed by atoms with Crippen LogP contribution in [0.1, 0.15) is 31.7 Å². The third-order valence-electron chi connectivity index (χ3n) is 4.40. The molecule has 2 unspecified atom stereocenters.